The lowest BCUT2D eigenvalue weighted by Gasteiger charge is -2.37. The van der Waals surface area contributed by atoms with Gasteiger partial charge in [0.05, 0.1) is 5.60 Å². The molecule has 0 unspecified atom stereocenters. The predicted molar refractivity (Wildman–Crippen MR) is 44.1 cm³/mol. The minimum absolute atomic E-state index is 0.358. The van der Waals surface area contributed by atoms with E-state index in [0.29, 0.717) is 18.4 Å². The van der Waals surface area contributed by atoms with Crippen LogP contribution in [0.4, 0.5) is 8.78 Å². The van der Waals surface area contributed by atoms with Crippen LogP contribution in [0.5, 0.6) is 0 Å². The van der Waals surface area contributed by atoms with Crippen molar-refractivity contribution in [2.75, 3.05) is 0 Å². The highest BCUT2D eigenvalue weighted by Gasteiger charge is 2.36. The molecule has 0 aliphatic heterocycles. The van der Waals surface area contributed by atoms with E-state index in [1.165, 1.54) is 12.1 Å². The highest BCUT2D eigenvalue weighted by Crippen LogP contribution is 2.41. The van der Waals surface area contributed by atoms with Crippen LogP contribution in [0.15, 0.2) is 18.2 Å². The van der Waals surface area contributed by atoms with Crippen LogP contribution in [0.1, 0.15) is 24.8 Å². The van der Waals surface area contributed by atoms with Crippen LogP contribution in [0.3, 0.4) is 0 Å². The number of aliphatic hydroxyl groups is 1. The first-order valence-corrected chi connectivity index (χ1v) is 4.29. The summed E-state index contributed by atoms with van der Waals surface area (Å²) in [7, 11) is 0. The molecule has 0 heterocycles. The van der Waals surface area contributed by atoms with Gasteiger partial charge in [0.25, 0.3) is 0 Å². The molecule has 1 aromatic rings. The molecule has 0 bridgehead atoms. The van der Waals surface area contributed by atoms with Gasteiger partial charge in [-0.2, -0.15) is 0 Å². The molecule has 1 saturated carbocycles. The van der Waals surface area contributed by atoms with Gasteiger partial charge in [0.1, 0.15) is 11.6 Å². The summed E-state index contributed by atoms with van der Waals surface area (Å²) >= 11 is 0. The monoisotopic (exact) mass is 184 g/mol. The fourth-order valence-corrected chi connectivity index (χ4v) is 1.62. The average molecular weight is 184 g/mol. The fourth-order valence-electron chi connectivity index (χ4n) is 1.62. The van der Waals surface area contributed by atoms with Gasteiger partial charge in [0, 0.05) is 6.07 Å². The summed E-state index contributed by atoms with van der Waals surface area (Å²) in [5.74, 6) is -1.26. The number of hydrogen-bond donors (Lipinski definition) is 1. The summed E-state index contributed by atoms with van der Waals surface area (Å²) in [6, 6.07) is 3.20. The summed E-state index contributed by atoms with van der Waals surface area (Å²) < 4.78 is 25.5. The third-order valence-corrected chi connectivity index (χ3v) is 2.58. The molecular formula is C10H10F2O. The van der Waals surface area contributed by atoms with Crippen molar-refractivity contribution in [3.63, 3.8) is 0 Å². The summed E-state index contributed by atoms with van der Waals surface area (Å²) in [5.41, 5.74) is -0.626. The van der Waals surface area contributed by atoms with E-state index in [0.717, 1.165) is 12.5 Å². The van der Waals surface area contributed by atoms with E-state index in [1.807, 2.05) is 0 Å². The van der Waals surface area contributed by atoms with Gasteiger partial charge in [-0.3, -0.25) is 0 Å². The maximum Gasteiger partial charge on any atom is 0.126 e. The van der Waals surface area contributed by atoms with Crippen LogP contribution in [0, 0.1) is 11.6 Å². The van der Waals surface area contributed by atoms with Gasteiger partial charge < -0.3 is 5.11 Å². The van der Waals surface area contributed by atoms with Gasteiger partial charge in [0.2, 0.25) is 0 Å². The number of rotatable bonds is 1. The van der Waals surface area contributed by atoms with Gasteiger partial charge >= 0.3 is 0 Å². The smallest absolute Gasteiger partial charge is 0.126 e. The summed E-state index contributed by atoms with van der Waals surface area (Å²) in [4.78, 5) is 0. The lowest BCUT2D eigenvalue weighted by Crippen LogP contribution is -2.33. The van der Waals surface area contributed by atoms with Gasteiger partial charge in [-0.05, 0) is 37.0 Å². The summed E-state index contributed by atoms with van der Waals surface area (Å²) in [5, 5.41) is 9.80. The molecule has 1 fully saturated rings. The van der Waals surface area contributed by atoms with Crippen molar-refractivity contribution in [1.82, 2.24) is 0 Å². The van der Waals surface area contributed by atoms with Crippen molar-refractivity contribution in [3.05, 3.63) is 35.4 Å². The molecule has 1 N–H and O–H groups in total. The zero-order valence-corrected chi connectivity index (χ0v) is 7.06. The van der Waals surface area contributed by atoms with Crippen molar-refractivity contribution >= 4 is 0 Å². The molecule has 0 aromatic heterocycles. The molecule has 1 aliphatic carbocycles. The quantitative estimate of drug-likeness (QED) is 0.710. The topological polar surface area (TPSA) is 20.2 Å². The molecular weight excluding hydrogens is 174 g/mol. The molecule has 0 amide bonds. The van der Waals surface area contributed by atoms with E-state index < -0.39 is 17.2 Å². The van der Waals surface area contributed by atoms with Gasteiger partial charge in [-0.15, -0.1) is 0 Å². The van der Waals surface area contributed by atoms with Crippen molar-refractivity contribution in [1.29, 1.82) is 0 Å². The molecule has 3 heteroatoms. The number of benzene rings is 1. The summed E-state index contributed by atoms with van der Waals surface area (Å²) in [6.45, 7) is 0. The van der Waals surface area contributed by atoms with Crippen LogP contribution in [-0.4, -0.2) is 5.11 Å². The molecule has 13 heavy (non-hydrogen) atoms. The number of hydrogen-bond acceptors (Lipinski definition) is 1. The highest BCUT2D eigenvalue weighted by atomic mass is 19.1. The predicted octanol–water partition coefficient (Wildman–Crippen LogP) is 2.34. The average Bonchev–Trinajstić information content (AvgIpc) is 1.98. The van der Waals surface area contributed by atoms with E-state index in [1.54, 1.807) is 0 Å². The van der Waals surface area contributed by atoms with Crippen LogP contribution >= 0.6 is 0 Å². The van der Waals surface area contributed by atoms with Gasteiger partial charge in [-0.25, -0.2) is 8.78 Å². The minimum atomic E-state index is -0.983. The first kappa shape index (κ1) is 8.63. The third kappa shape index (κ3) is 1.44. The fraction of sp³-hybridized carbons (Fsp3) is 0.400. The molecule has 2 rings (SSSR count). The Morgan fingerprint density at radius 2 is 1.62 bits per heavy atom. The van der Waals surface area contributed by atoms with E-state index in [9.17, 15) is 13.9 Å². The zero-order chi connectivity index (χ0) is 9.47. The Labute approximate surface area is 75.0 Å². The zero-order valence-electron chi connectivity index (χ0n) is 7.06. The second-order valence-electron chi connectivity index (χ2n) is 3.54. The first-order chi connectivity index (χ1) is 6.10. The Balaban J connectivity index is 2.39. The Bertz CT molecular complexity index is 311. The minimum Gasteiger partial charge on any atom is -0.385 e. The lowest BCUT2D eigenvalue weighted by atomic mass is 9.75. The van der Waals surface area contributed by atoms with Crippen molar-refractivity contribution < 1.29 is 13.9 Å². The van der Waals surface area contributed by atoms with Gasteiger partial charge in [-0.1, -0.05) is 0 Å². The maximum absolute atomic E-state index is 12.8. The Morgan fingerprint density at radius 1 is 1.08 bits per heavy atom. The summed E-state index contributed by atoms with van der Waals surface area (Å²) in [6.07, 6.45) is 2.10. The molecule has 0 spiro atoms. The van der Waals surface area contributed by atoms with E-state index >= 15 is 0 Å². The Kier molecular flexibility index (Phi) is 1.84. The third-order valence-electron chi connectivity index (χ3n) is 2.58. The molecule has 0 radical (unpaired) electrons. The van der Waals surface area contributed by atoms with Crippen LogP contribution in [0.2, 0.25) is 0 Å². The largest absolute Gasteiger partial charge is 0.385 e. The molecule has 1 aromatic carbocycles. The molecule has 1 aliphatic rings. The normalized spacial score (nSPS) is 19.6. The second-order valence-corrected chi connectivity index (χ2v) is 3.54. The van der Waals surface area contributed by atoms with Crippen LogP contribution < -0.4 is 0 Å². The second kappa shape index (κ2) is 2.77. The van der Waals surface area contributed by atoms with Crippen molar-refractivity contribution in [2.45, 2.75) is 24.9 Å². The van der Waals surface area contributed by atoms with Crippen molar-refractivity contribution in [2.24, 2.45) is 0 Å². The SMILES string of the molecule is OC1(c2cc(F)cc(F)c2)CCC1. The molecule has 70 valence electrons. The standard InChI is InChI=1S/C10H10F2O/c11-8-4-7(5-9(12)6-8)10(13)2-1-3-10/h4-6,13H,1-3H2. The Hall–Kier alpha value is -0.960. The lowest BCUT2D eigenvalue weighted by molar-refractivity contribution is -0.0392. The number of halogens is 2. The van der Waals surface area contributed by atoms with E-state index in [2.05, 4.69) is 0 Å². The van der Waals surface area contributed by atoms with Crippen LogP contribution in [0.25, 0.3) is 0 Å². The maximum atomic E-state index is 12.8. The first-order valence-electron chi connectivity index (χ1n) is 4.29. The Morgan fingerprint density at radius 3 is 2.00 bits per heavy atom. The van der Waals surface area contributed by atoms with Crippen LogP contribution in [-0.2, 0) is 5.60 Å². The van der Waals surface area contributed by atoms with Crippen molar-refractivity contribution in [3.8, 4) is 0 Å². The van der Waals surface area contributed by atoms with E-state index in [-0.39, 0.29) is 0 Å². The molecule has 1 nitrogen and oxygen atoms in total. The van der Waals surface area contributed by atoms with E-state index in [4.69, 9.17) is 0 Å². The molecule has 0 saturated heterocycles. The highest BCUT2D eigenvalue weighted by molar-refractivity contribution is 5.26. The molecule has 0 atom stereocenters. The van der Waals surface area contributed by atoms with Gasteiger partial charge in [0.15, 0.2) is 0 Å².